The highest BCUT2D eigenvalue weighted by molar-refractivity contribution is 5.39. The van der Waals surface area contributed by atoms with E-state index in [9.17, 15) is 9.59 Å². The van der Waals surface area contributed by atoms with Gasteiger partial charge >= 0.3 is 0 Å². The Hall–Kier alpha value is -1.24. The third-order valence-corrected chi connectivity index (χ3v) is 2.70. The van der Waals surface area contributed by atoms with Crippen molar-refractivity contribution in [1.82, 2.24) is 0 Å². The van der Waals surface area contributed by atoms with E-state index in [4.69, 9.17) is 0 Å². The van der Waals surface area contributed by atoms with Gasteiger partial charge < -0.3 is 0 Å². The zero-order chi connectivity index (χ0) is 10.7. The monoisotopic (exact) mass is 194 g/mol. The number of nitrogens with zero attached hydrogens (tertiary/aromatic N) is 2. The number of hydrogen-bond donors (Lipinski definition) is 0. The lowest BCUT2D eigenvalue weighted by atomic mass is 9.72. The van der Waals surface area contributed by atoms with Crippen LogP contribution < -0.4 is 0 Å². The summed E-state index contributed by atoms with van der Waals surface area (Å²) in [6.07, 6.45) is 6.25. The van der Waals surface area contributed by atoms with Gasteiger partial charge in [0.1, 0.15) is 0 Å². The molecule has 0 atom stereocenters. The summed E-state index contributed by atoms with van der Waals surface area (Å²) in [5.74, 6) is 0. The molecule has 0 amide bonds. The third kappa shape index (κ3) is 2.38. The van der Waals surface area contributed by atoms with Gasteiger partial charge in [-0.2, -0.15) is 9.98 Å². The van der Waals surface area contributed by atoms with Crippen LogP contribution in [0.1, 0.15) is 39.5 Å². The summed E-state index contributed by atoms with van der Waals surface area (Å²) in [5, 5.41) is 0. The highest BCUT2D eigenvalue weighted by Crippen LogP contribution is 2.43. The van der Waals surface area contributed by atoms with Crippen LogP contribution in [-0.4, -0.2) is 17.8 Å². The smallest absolute Gasteiger partial charge is 0.211 e. The molecule has 1 rings (SSSR count). The summed E-state index contributed by atoms with van der Waals surface area (Å²) < 4.78 is 0. The van der Waals surface area contributed by atoms with Crippen LogP contribution >= 0.6 is 0 Å². The average Bonchev–Trinajstić information content (AvgIpc) is 2.02. The molecular formula is C10H14N2O2. The molecule has 0 aromatic rings. The molecule has 76 valence electrons. The Morgan fingerprint density at radius 1 is 1.07 bits per heavy atom. The average molecular weight is 194 g/mol. The summed E-state index contributed by atoms with van der Waals surface area (Å²) >= 11 is 0. The Balaban J connectivity index is 2.98. The van der Waals surface area contributed by atoms with E-state index in [2.05, 4.69) is 23.8 Å². The lowest BCUT2D eigenvalue weighted by molar-refractivity contribution is 0.159. The number of rotatable bonds is 2. The molecule has 0 saturated heterocycles. The molecule has 4 nitrogen and oxygen atoms in total. The first-order chi connectivity index (χ1) is 6.54. The molecule has 1 saturated carbocycles. The Labute approximate surface area is 83.1 Å². The van der Waals surface area contributed by atoms with E-state index in [-0.39, 0.29) is 5.41 Å². The molecule has 4 heteroatoms. The first-order valence-electron chi connectivity index (χ1n) is 4.72. The molecule has 0 aromatic heterocycles. The van der Waals surface area contributed by atoms with E-state index in [1.165, 1.54) is 12.2 Å². The van der Waals surface area contributed by atoms with Crippen LogP contribution in [0.5, 0.6) is 0 Å². The van der Waals surface area contributed by atoms with Crippen molar-refractivity contribution in [2.45, 2.75) is 45.2 Å². The maximum Gasteiger partial charge on any atom is 0.237 e. The van der Waals surface area contributed by atoms with E-state index in [1.54, 1.807) is 0 Å². The largest absolute Gasteiger partial charge is 0.237 e. The lowest BCUT2D eigenvalue weighted by Gasteiger charge is -2.37. The lowest BCUT2D eigenvalue weighted by Crippen LogP contribution is -2.35. The second kappa shape index (κ2) is 3.87. The van der Waals surface area contributed by atoms with Crippen LogP contribution in [0.15, 0.2) is 9.98 Å². The molecule has 1 aliphatic carbocycles. The summed E-state index contributed by atoms with van der Waals surface area (Å²) in [6, 6.07) is 0. The fourth-order valence-electron chi connectivity index (χ4n) is 2.18. The van der Waals surface area contributed by atoms with Crippen molar-refractivity contribution in [2.24, 2.45) is 15.4 Å². The molecule has 1 aliphatic rings. The number of isocyanates is 2. The molecule has 14 heavy (non-hydrogen) atoms. The normalized spacial score (nSPS) is 29.9. The van der Waals surface area contributed by atoms with Crippen LogP contribution in [0.3, 0.4) is 0 Å². The second-order valence-electron chi connectivity index (χ2n) is 4.58. The standard InChI is InChI=1S/C10H14N2O2/c1-9(2)4-3-5-10(6-9,11-7-13)12-8-14/h3-6H2,1-2H3. The first kappa shape index (κ1) is 10.8. The predicted molar refractivity (Wildman–Crippen MR) is 51.2 cm³/mol. The van der Waals surface area contributed by atoms with Gasteiger partial charge in [-0.05, 0) is 31.1 Å². The summed E-state index contributed by atoms with van der Waals surface area (Å²) in [4.78, 5) is 27.9. The van der Waals surface area contributed by atoms with Gasteiger partial charge in [-0.1, -0.05) is 13.8 Å². The minimum absolute atomic E-state index is 0.0684. The van der Waals surface area contributed by atoms with E-state index in [0.717, 1.165) is 12.8 Å². The van der Waals surface area contributed by atoms with Crippen molar-refractivity contribution in [2.75, 3.05) is 0 Å². The number of carbonyl (C=O) groups excluding carboxylic acids is 2. The molecule has 0 spiro atoms. The summed E-state index contributed by atoms with van der Waals surface area (Å²) in [5.41, 5.74) is -0.815. The van der Waals surface area contributed by atoms with Gasteiger partial charge in [0.25, 0.3) is 0 Å². The van der Waals surface area contributed by atoms with Crippen molar-refractivity contribution in [3.8, 4) is 0 Å². The van der Waals surface area contributed by atoms with Gasteiger partial charge in [-0.3, -0.25) is 0 Å². The quantitative estimate of drug-likeness (QED) is 0.498. The summed E-state index contributed by atoms with van der Waals surface area (Å²) in [6.45, 7) is 4.17. The van der Waals surface area contributed by atoms with Crippen molar-refractivity contribution in [3.05, 3.63) is 0 Å². The Morgan fingerprint density at radius 2 is 1.64 bits per heavy atom. The molecule has 0 unspecified atom stereocenters. The molecular weight excluding hydrogens is 180 g/mol. The van der Waals surface area contributed by atoms with Crippen LogP contribution in [-0.2, 0) is 9.59 Å². The number of hydrogen-bond acceptors (Lipinski definition) is 4. The van der Waals surface area contributed by atoms with Crippen molar-refractivity contribution >= 4 is 12.2 Å². The fourth-order valence-corrected chi connectivity index (χ4v) is 2.18. The zero-order valence-electron chi connectivity index (χ0n) is 8.54. The van der Waals surface area contributed by atoms with Crippen molar-refractivity contribution < 1.29 is 9.59 Å². The SMILES string of the molecule is CC1(C)CCCC(N=C=O)(N=C=O)C1. The first-order valence-corrected chi connectivity index (χ1v) is 4.72. The second-order valence-corrected chi connectivity index (χ2v) is 4.58. The fraction of sp³-hybridized carbons (Fsp3) is 0.800. The van der Waals surface area contributed by atoms with Gasteiger partial charge in [0.2, 0.25) is 12.2 Å². The minimum atomic E-state index is -0.884. The minimum Gasteiger partial charge on any atom is -0.211 e. The van der Waals surface area contributed by atoms with Crippen molar-refractivity contribution in [1.29, 1.82) is 0 Å². The van der Waals surface area contributed by atoms with Gasteiger partial charge in [0, 0.05) is 0 Å². The Morgan fingerprint density at radius 3 is 2.07 bits per heavy atom. The van der Waals surface area contributed by atoms with Gasteiger partial charge in [-0.15, -0.1) is 0 Å². The maximum absolute atomic E-state index is 10.3. The Kier molecular flexibility index (Phi) is 3.00. The maximum atomic E-state index is 10.3. The van der Waals surface area contributed by atoms with E-state index < -0.39 is 5.66 Å². The highest BCUT2D eigenvalue weighted by Gasteiger charge is 2.40. The zero-order valence-corrected chi connectivity index (χ0v) is 8.54. The van der Waals surface area contributed by atoms with Gasteiger partial charge in [0.05, 0.1) is 0 Å². The van der Waals surface area contributed by atoms with Crippen LogP contribution in [0.4, 0.5) is 0 Å². The van der Waals surface area contributed by atoms with Gasteiger partial charge in [-0.25, -0.2) is 9.59 Å². The molecule has 0 radical (unpaired) electrons. The topological polar surface area (TPSA) is 58.9 Å². The molecule has 0 heterocycles. The van der Waals surface area contributed by atoms with E-state index >= 15 is 0 Å². The molecule has 0 bridgehead atoms. The molecule has 0 N–H and O–H groups in total. The van der Waals surface area contributed by atoms with Crippen LogP contribution in [0.2, 0.25) is 0 Å². The van der Waals surface area contributed by atoms with Crippen molar-refractivity contribution in [3.63, 3.8) is 0 Å². The highest BCUT2D eigenvalue weighted by atomic mass is 16.1. The molecule has 1 fully saturated rings. The summed E-state index contributed by atoms with van der Waals surface area (Å²) in [7, 11) is 0. The van der Waals surface area contributed by atoms with E-state index in [0.29, 0.717) is 12.8 Å². The van der Waals surface area contributed by atoms with Crippen LogP contribution in [0, 0.1) is 5.41 Å². The Bertz CT molecular complexity index is 292. The van der Waals surface area contributed by atoms with E-state index in [1.807, 2.05) is 0 Å². The molecule has 0 aromatic carbocycles. The number of aliphatic imine (C=N–C) groups is 2. The molecule has 0 aliphatic heterocycles. The third-order valence-electron chi connectivity index (χ3n) is 2.70. The predicted octanol–water partition coefficient (Wildman–Crippen LogP) is 1.95. The van der Waals surface area contributed by atoms with Gasteiger partial charge in [0.15, 0.2) is 5.66 Å². The van der Waals surface area contributed by atoms with Crippen LogP contribution in [0.25, 0.3) is 0 Å².